The molecule has 0 amide bonds. The molecule has 2 aromatic carbocycles. The summed E-state index contributed by atoms with van der Waals surface area (Å²) in [5.41, 5.74) is 1.90. The van der Waals surface area contributed by atoms with Crippen LogP contribution in [0, 0.1) is 0 Å². The molecule has 0 unspecified atom stereocenters. The second-order valence-electron chi connectivity index (χ2n) is 5.53. The van der Waals surface area contributed by atoms with Crippen LogP contribution in [-0.2, 0) is 23.1 Å². The highest BCUT2D eigenvalue weighted by atomic mass is 35.5. The molecule has 0 saturated carbocycles. The summed E-state index contributed by atoms with van der Waals surface area (Å²) in [6, 6.07) is 14.3. The summed E-state index contributed by atoms with van der Waals surface area (Å²) >= 11 is 5.89. The van der Waals surface area contributed by atoms with Crippen LogP contribution in [0.15, 0.2) is 58.4 Å². The van der Waals surface area contributed by atoms with E-state index in [2.05, 4.69) is 20.3 Å². The Balaban J connectivity index is 2.06. The largest absolute Gasteiger partial charge is 0.357 e. The summed E-state index contributed by atoms with van der Waals surface area (Å²) in [6.07, 6.45) is 0. The SMILES string of the molecule is CCNC(=NCc1cccc(S(=O)(=O)NC)c1)NCc1ccc(Cl)cc1. The average molecular weight is 395 g/mol. The number of sulfonamides is 1. The molecule has 0 radical (unpaired) electrons. The molecule has 8 heteroatoms. The number of guanidine groups is 1. The van der Waals surface area contributed by atoms with E-state index in [1.165, 1.54) is 7.05 Å². The maximum Gasteiger partial charge on any atom is 0.240 e. The Bertz CT molecular complexity index is 852. The van der Waals surface area contributed by atoms with Crippen molar-refractivity contribution >= 4 is 27.6 Å². The van der Waals surface area contributed by atoms with E-state index in [0.29, 0.717) is 24.1 Å². The Labute approximate surface area is 159 Å². The van der Waals surface area contributed by atoms with Crippen LogP contribution in [0.5, 0.6) is 0 Å². The molecular formula is C18H23ClN4O2S. The smallest absolute Gasteiger partial charge is 0.240 e. The van der Waals surface area contributed by atoms with Crippen molar-refractivity contribution < 1.29 is 8.42 Å². The molecule has 0 spiro atoms. The molecule has 2 aromatic rings. The van der Waals surface area contributed by atoms with E-state index in [4.69, 9.17) is 11.6 Å². The van der Waals surface area contributed by atoms with Crippen LogP contribution in [0.2, 0.25) is 5.02 Å². The number of nitrogens with one attached hydrogen (secondary N) is 3. The monoisotopic (exact) mass is 394 g/mol. The van der Waals surface area contributed by atoms with Gasteiger partial charge in [0.2, 0.25) is 10.0 Å². The van der Waals surface area contributed by atoms with E-state index in [9.17, 15) is 8.42 Å². The third kappa shape index (κ3) is 6.01. The first kappa shape index (κ1) is 20.2. The zero-order valence-electron chi connectivity index (χ0n) is 14.8. The molecule has 26 heavy (non-hydrogen) atoms. The van der Waals surface area contributed by atoms with Gasteiger partial charge in [0.05, 0.1) is 11.4 Å². The van der Waals surface area contributed by atoms with Gasteiger partial charge in [0.15, 0.2) is 5.96 Å². The third-order valence-corrected chi connectivity index (χ3v) is 5.28. The summed E-state index contributed by atoms with van der Waals surface area (Å²) in [6.45, 7) is 3.68. The minimum absolute atomic E-state index is 0.229. The first-order valence-electron chi connectivity index (χ1n) is 8.23. The molecule has 0 aliphatic carbocycles. The third-order valence-electron chi connectivity index (χ3n) is 3.61. The fourth-order valence-corrected chi connectivity index (χ4v) is 3.15. The highest BCUT2D eigenvalue weighted by Crippen LogP contribution is 2.12. The van der Waals surface area contributed by atoms with Crippen molar-refractivity contribution in [3.05, 3.63) is 64.7 Å². The number of hydrogen-bond acceptors (Lipinski definition) is 3. The van der Waals surface area contributed by atoms with Gasteiger partial charge < -0.3 is 10.6 Å². The number of halogens is 1. The molecule has 0 bridgehead atoms. The number of benzene rings is 2. The van der Waals surface area contributed by atoms with Crippen molar-refractivity contribution in [1.29, 1.82) is 0 Å². The predicted octanol–water partition coefficient (Wildman–Crippen LogP) is 2.50. The molecule has 140 valence electrons. The summed E-state index contributed by atoms with van der Waals surface area (Å²) < 4.78 is 26.1. The molecular weight excluding hydrogens is 372 g/mol. The van der Waals surface area contributed by atoms with E-state index in [1.54, 1.807) is 18.2 Å². The lowest BCUT2D eigenvalue weighted by atomic mass is 10.2. The Morgan fingerprint density at radius 3 is 2.46 bits per heavy atom. The minimum atomic E-state index is -3.46. The van der Waals surface area contributed by atoms with Gasteiger partial charge in [-0.25, -0.2) is 18.1 Å². The summed E-state index contributed by atoms with van der Waals surface area (Å²) in [5.74, 6) is 0.657. The van der Waals surface area contributed by atoms with E-state index < -0.39 is 10.0 Å². The zero-order valence-corrected chi connectivity index (χ0v) is 16.4. The second kappa shape index (κ2) is 9.56. The Morgan fingerprint density at radius 1 is 1.08 bits per heavy atom. The van der Waals surface area contributed by atoms with Crippen molar-refractivity contribution in [2.24, 2.45) is 4.99 Å². The van der Waals surface area contributed by atoms with Crippen molar-refractivity contribution in [2.75, 3.05) is 13.6 Å². The summed E-state index contributed by atoms with van der Waals surface area (Å²) in [7, 11) is -2.07. The van der Waals surface area contributed by atoms with Crippen LogP contribution in [-0.4, -0.2) is 28.0 Å². The van der Waals surface area contributed by atoms with Gasteiger partial charge in [-0.3, -0.25) is 0 Å². The van der Waals surface area contributed by atoms with E-state index >= 15 is 0 Å². The van der Waals surface area contributed by atoms with E-state index in [1.807, 2.05) is 37.3 Å². The first-order chi connectivity index (χ1) is 12.4. The van der Waals surface area contributed by atoms with Gasteiger partial charge in [0.1, 0.15) is 0 Å². The average Bonchev–Trinajstić information content (AvgIpc) is 2.65. The van der Waals surface area contributed by atoms with Gasteiger partial charge in [0.25, 0.3) is 0 Å². The molecule has 0 saturated heterocycles. The standard InChI is InChI=1S/C18H23ClN4O2S/c1-3-21-18(22-12-14-7-9-16(19)10-8-14)23-13-15-5-4-6-17(11-15)26(24,25)20-2/h4-11,20H,3,12-13H2,1-2H3,(H2,21,22,23). The fourth-order valence-electron chi connectivity index (χ4n) is 2.23. The molecule has 3 N–H and O–H groups in total. The van der Waals surface area contributed by atoms with E-state index in [0.717, 1.165) is 17.7 Å². The van der Waals surface area contributed by atoms with E-state index in [-0.39, 0.29) is 4.90 Å². The lowest BCUT2D eigenvalue weighted by Gasteiger charge is -2.12. The lowest BCUT2D eigenvalue weighted by Crippen LogP contribution is -2.36. The number of nitrogens with zero attached hydrogens (tertiary/aromatic N) is 1. The van der Waals surface area contributed by atoms with Crippen molar-refractivity contribution in [3.8, 4) is 0 Å². The maximum atomic E-state index is 11.9. The van der Waals surface area contributed by atoms with Crippen LogP contribution in [0.4, 0.5) is 0 Å². The van der Waals surface area contributed by atoms with Crippen LogP contribution in [0.3, 0.4) is 0 Å². The van der Waals surface area contributed by atoms with Crippen molar-refractivity contribution in [2.45, 2.75) is 24.9 Å². The van der Waals surface area contributed by atoms with Crippen LogP contribution in [0.1, 0.15) is 18.1 Å². The lowest BCUT2D eigenvalue weighted by molar-refractivity contribution is 0.588. The predicted molar refractivity (Wildman–Crippen MR) is 106 cm³/mol. The summed E-state index contributed by atoms with van der Waals surface area (Å²) in [5, 5.41) is 7.12. The minimum Gasteiger partial charge on any atom is -0.357 e. The first-order valence-corrected chi connectivity index (χ1v) is 10.1. The molecule has 0 aliphatic rings. The Morgan fingerprint density at radius 2 is 1.81 bits per heavy atom. The van der Waals surface area contributed by atoms with Crippen molar-refractivity contribution in [1.82, 2.24) is 15.4 Å². The van der Waals surface area contributed by atoms with Gasteiger partial charge >= 0.3 is 0 Å². The highest BCUT2D eigenvalue weighted by molar-refractivity contribution is 7.89. The van der Waals surface area contributed by atoms with Gasteiger partial charge in [-0.2, -0.15) is 0 Å². The molecule has 0 fully saturated rings. The summed E-state index contributed by atoms with van der Waals surface area (Å²) in [4.78, 5) is 4.75. The molecule has 2 rings (SSSR count). The molecule has 0 aliphatic heterocycles. The molecule has 0 atom stereocenters. The van der Waals surface area contributed by atoms with Gasteiger partial charge in [0, 0.05) is 18.1 Å². The normalized spacial score (nSPS) is 12.0. The number of hydrogen-bond donors (Lipinski definition) is 3. The quantitative estimate of drug-likeness (QED) is 0.497. The zero-order chi connectivity index (χ0) is 19.0. The highest BCUT2D eigenvalue weighted by Gasteiger charge is 2.11. The molecule has 6 nitrogen and oxygen atoms in total. The van der Waals surface area contributed by atoms with Crippen LogP contribution >= 0.6 is 11.6 Å². The van der Waals surface area contributed by atoms with Gasteiger partial charge in [-0.15, -0.1) is 0 Å². The van der Waals surface area contributed by atoms with Crippen LogP contribution in [0.25, 0.3) is 0 Å². The van der Waals surface area contributed by atoms with Crippen molar-refractivity contribution in [3.63, 3.8) is 0 Å². The Hall–Kier alpha value is -2.09. The number of aliphatic imine (C=N–C) groups is 1. The molecule has 0 aromatic heterocycles. The van der Waals surface area contributed by atoms with Gasteiger partial charge in [-0.05, 0) is 49.4 Å². The maximum absolute atomic E-state index is 11.9. The van der Waals surface area contributed by atoms with Gasteiger partial charge in [-0.1, -0.05) is 35.9 Å². The fraction of sp³-hybridized carbons (Fsp3) is 0.278. The topological polar surface area (TPSA) is 82.6 Å². The Kier molecular flexibility index (Phi) is 7.44. The number of rotatable bonds is 7. The second-order valence-corrected chi connectivity index (χ2v) is 7.85. The molecule has 0 heterocycles. The van der Waals surface area contributed by atoms with Crippen LogP contribution < -0.4 is 15.4 Å².